The Hall–Kier alpha value is -2.12. The van der Waals surface area contributed by atoms with Crippen molar-refractivity contribution in [3.8, 4) is 0 Å². The molecule has 1 aromatic carbocycles. The molecular weight excluding hydrogens is 340 g/mol. The molecule has 7 heteroatoms. The fourth-order valence-electron chi connectivity index (χ4n) is 2.23. The second-order valence-electron chi connectivity index (χ2n) is 6.44. The normalized spacial score (nSPS) is 11.7. The van der Waals surface area contributed by atoms with Crippen LogP contribution in [0.5, 0.6) is 0 Å². The molecule has 0 unspecified atom stereocenters. The van der Waals surface area contributed by atoms with Crippen molar-refractivity contribution in [3.63, 3.8) is 0 Å². The van der Waals surface area contributed by atoms with Crippen molar-refractivity contribution in [2.24, 2.45) is 5.92 Å². The zero-order valence-electron chi connectivity index (χ0n) is 14.9. The molecule has 0 spiro atoms. The maximum absolute atomic E-state index is 12.5. The van der Waals surface area contributed by atoms with Crippen molar-refractivity contribution in [3.05, 3.63) is 53.5 Å². The summed E-state index contributed by atoms with van der Waals surface area (Å²) in [5.41, 5.74) is 0.425. The first kappa shape index (κ1) is 19.2. The lowest BCUT2D eigenvalue weighted by Crippen LogP contribution is -2.28. The van der Waals surface area contributed by atoms with Crippen molar-refractivity contribution in [1.29, 1.82) is 0 Å². The third-order valence-corrected chi connectivity index (χ3v) is 5.07. The summed E-state index contributed by atoms with van der Waals surface area (Å²) in [6, 6.07) is 9.61. The second kappa shape index (κ2) is 7.84. The Labute approximate surface area is 148 Å². The highest BCUT2D eigenvalue weighted by Crippen LogP contribution is 2.14. The molecule has 2 rings (SSSR count). The van der Waals surface area contributed by atoms with Crippen LogP contribution >= 0.6 is 0 Å². The topological polar surface area (TPSA) is 79.6 Å². The van der Waals surface area contributed by atoms with Gasteiger partial charge in [0.15, 0.2) is 0 Å². The van der Waals surface area contributed by atoms with E-state index in [1.807, 2.05) is 32.9 Å². The summed E-state index contributed by atoms with van der Waals surface area (Å²) in [5, 5.41) is 0. The molecule has 1 N–H and O–H groups in total. The Kier molecular flexibility index (Phi) is 6.02. The smallest absolute Gasteiger partial charge is 0.254 e. The predicted octanol–water partition coefficient (Wildman–Crippen LogP) is 2.79. The van der Waals surface area contributed by atoms with Gasteiger partial charge in [-0.15, -0.1) is 0 Å². The summed E-state index contributed by atoms with van der Waals surface area (Å²) in [7, 11) is -1.88. The third kappa shape index (κ3) is 5.17. The highest BCUT2D eigenvalue weighted by atomic mass is 32.2. The SMILES string of the molecule is Cc1ccc(CN(C)C(=O)c2ccc(S(=O)(=O)NCC(C)C)cc2)o1. The molecule has 0 saturated heterocycles. The van der Waals surface area contributed by atoms with Crippen LogP contribution in [0.15, 0.2) is 45.7 Å². The molecule has 6 nitrogen and oxygen atoms in total. The number of carbonyl (C=O) groups excluding carboxylic acids is 1. The first-order chi connectivity index (χ1) is 11.7. The van der Waals surface area contributed by atoms with Crippen molar-refractivity contribution < 1.29 is 17.6 Å². The van der Waals surface area contributed by atoms with E-state index in [0.717, 1.165) is 5.76 Å². The van der Waals surface area contributed by atoms with Gasteiger partial charge in [-0.05, 0) is 49.2 Å². The molecule has 25 heavy (non-hydrogen) atoms. The number of furan rings is 1. The predicted molar refractivity (Wildman–Crippen MR) is 95.7 cm³/mol. The van der Waals surface area contributed by atoms with Gasteiger partial charge in [0.2, 0.25) is 10.0 Å². The number of sulfonamides is 1. The maximum Gasteiger partial charge on any atom is 0.254 e. The number of nitrogens with one attached hydrogen (secondary N) is 1. The first-order valence-electron chi connectivity index (χ1n) is 8.09. The van der Waals surface area contributed by atoms with Crippen LogP contribution in [0.1, 0.15) is 35.7 Å². The van der Waals surface area contributed by atoms with Gasteiger partial charge >= 0.3 is 0 Å². The van der Waals surface area contributed by atoms with Gasteiger partial charge in [-0.2, -0.15) is 0 Å². The van der Waals surface area contributed by atoms with E-state index in [1.54, 1.807) is 7.05 Å². The number of rotatable bonds is 7. The molecule has 1 aromatic heterocycles. The lowest BCUT2D eigenvalue weighted by molar-refractivity contribution is 0.0775. The van der Waals surface area contributed by atoms with E-state index in [4.69, 9.17) is 4.42 Å². The van der Waals surface area contributed by atoms with Gasteiger partial charge in [-0.3, -0.25) is 4.79 Å². The van der Waals surface area contributed by atoms with E-state index < -0.39 is 10.0 Å². The van der Waals surface area contributed by atoms with E-state index in [0.29, 0.717) is 24.4 Å². The molecule has 0 radical (unpaired) electrons. The van der Waals surface area contributed by atoms with E-state index in [9.17, 15) is 13.2 Å². The lowest BCUT2D eigenvalue weighted by Gasteiger charge is -2.16. The summed E-state index contributed by atoms with van der Waals surface area (Å²) in [6.45, 7) is 6.43. The van der Waals surface area contributed by atoms with E-state index in [1.165, 1.54) is 29.2 Å². The highest BCUT2D eigenvalue weighted by molar-refractivity contribution is 7.89. The molecule has 0 bridgehead atoms. The summed E-state index contributed by atoms with van der Waals surface area (Å²) < 4.78 is 32.4. The minimum Gasteiger partial charge on any atom is -0.464 e. The van der Waals surface area contributed by atoms with Gasteiger partial charge in [0, 0.05) is 19.2 Å². The van der Waals surface area contributed by atoms with Crippen LogP contribution < -0.4 is 4.72 Å². The van der Waals surface area contributed by atoms with Crippen molar-refractivity contribution >= 4 is 15.9 Å². The van der Waals surface area contributed by atoms with Gasteiger partial charge < -0.3 is 9.32 Å². The highest BCUT2D eigenvalue weighted by Gasteiger charge is 2.17. The second-order valence-corrected chi connectivity index (χ2v) is 8.21. The lowest BCUT2D eigenvalue weighted by atomic mass is 10.2. The quantitative estimate of drug-likeness (QED) is 0.819. The largest absolute Gasteiger partial charge is 0.464 e. The molecule has 0 aliphatic rings. The Morgan fingerprint density at radius 1 is 1.16 bits per heavy atom. The number of aryl methyl sites for hydroxylation is 1. The molecular formula is C18H24N2O4S. The Bertz CT molecular complexity index is 823. The molecule has 1 heterocycles. The fraction of sp³-hybridized carbons (Fsp3) is 0.389. The molecule has 0 saturated carbocycles. The van der Waals surface area contributed by atoms with Crippen LogP contribution in [0.3, 0.4) is 0 Å². The number of nitrogens with zero attached hydrogens (tertiary/aromatic N) is 1. The zero-order valence-corrected chi connectivity index (χ0v) is 15.8. The van der Waals surface area contributed by atoms with Gasteiger partial charge in [-0.25, -0.2) is 13.1 Å². The molecule has 136 valence electrons. The average Bonchev–Trinajstić information content (AvgIpc) is 2.97. The molecule has 0 aliphatic heterocycles. The summed E-state index contributed by atoms with van der Waals surface area (Å²) in [5.74, 6) is 1.51. The van der Waals surface area contributed by atoms with Crippen LogP contribution in [0.25, 0.3) is 0 Å². The Morgan fingerprint density at radius 3 is 2.32 bits per heavy atom. The van der Waals surface area contributed by atoms with E-state index in [2.05, 4.69) is 4.72 Å². The van der Waals surface area contributed by atoms with Crippen LogP contribution in [0.4, 0.5) is 0 Å². The number of benzene rings is 1. The maximum atomic E-state index is 12.5. The molecule has 0 aliphatic carbocycles. The average molecular weight is 364 g/mol. The number of amides is 1. The molecule has 1 amide bonds. The molecule has 2 aromatic rings. The van der Waals surface area contributed by atoms with Crippen LogP contribution in [0, 0.1) is 12.8 Å². The fourth-order valence-corrected chi connectivity index (χ4v) is 3.45. The van der Waals surface area contributed by atoms with Crippen LogP contribution in [0.2, 0.25) is 0 Å². The minimum atomic E-state index is -3.55. The minimum absolute atomic E-state index is 0.147. The summed E-state index contributed by atoms with van der Waals surface area (Å²) in [4.78, 5) is 14.1. The number of hydrogen-bond acceptors (Lipinski definition) is 4. The number of carbonyl (C=O) groups is 1. The summed E-state index contributed by atoms with van der Waals surface area (Å²) in [6.07, 6.45) is 0. The zero-order chi connectivity index (χ0) is 18.6. The van der Waals surface area contributed by atoms with Gasteiger partial charge in [0.1, 0.15) is 11.5 Å². The monoisotopic (exact) mass is 364 g/mol. The molecule has 0 atom stereocenters. The Balaban J connectivity index is 2.06. The first-order valence-corrected chi connectivity index (χ1v) is 9.58. The van der Waals surface area contributed by atoms with Crippen LogP contribution in [-0.2, 0) is 16.6 Å². The Morgan fingerprint density at radius 2 is 1.80 bits per heavy atom. The summed E-state index contributed by atoms with van der Waals surface area (Å²) >= 11 is 0. The van der Waals surface area contributed by atoms with Crippen molar-refractivity contribution in [2.45, 2.75) is 32.2 Å². The van der Waals surface area contributed by atoms with Gasteiger partial charge in [0.25, 0.3) is 5.91 Å². The standard InChI is InChI=1S/C18H24N2O4S/c1-13(2)11-19-25(22,23)17-9-6-15(7-10-17)18(21)20(4)12-16-8-5-14(3)24-16/h5-10,13,19H,11-12H2,1-4H3. The van der Waals surface area contributed by atoms with Gasteiger partial charge in [-0.1, -0.05) is 13.8 Å². The van der Waals surface area contributed by atoms with Crippen molar-refractivity contribution in [2.75, 3.05) is 13.6 Å². The van der Waals surface area contributed by atoms with Crippen LogP contribution in [-0.4, -0.2) is 32.8 Å². The van der Waals surface area contributed by atoms with E-state index >= 15 is 0 Å². The van der Waals surface area contributed by atoms with Gasteiger partial charge in [0.05, 0.1) is 11.4 Å². The van der Waals surface area contributed by atoms with Crippen molar-refractivity contribution in [1.82, 2.24) is 9.62 Å². The third-order valence-electron chi connectivity index (χ3n) is 3.63. The van der Waals surface area contributed by atoms with E-state index in [-0.39, 0.29) is 16.7 Å². The number of hydrogen-bond donors (Lipinski definition) is 1. The molecule has 0 fully saturated rings.